The van der Waals surface area contributed by atoms with Crippen LogP contribution in [0.2, 0.25) is 0 Å². The fraction of sp³-hybridized carbons (Fsp3) is 0.556. The van der Waals surface area contributed by atoms with Crippen LogP contribution >= 0.6 is 0 Å². The highest BCUT2D eigenvalue weighted by molar-refractivity contribution is 5.96. The first-order valence-electron chi connectivity index (χ1n) is 8.07. The summed E-state index contributed by atoms with van der Waals surface area (Å²) in [4.78, 5) is 24.3. The van der Waals surface area contributed by atoms with Crippen LogP contribution in [0.1, 0.15) is 63.2 Å². The Balaban J connectivity index is 2.50. The second-order valence-electron chi connectivity index (χ2n) is 5.79. The standard InChI is InChI=1S/C18H26FNO2/c1-4-6-7-14(5-2)18(22)20-13(3)12-17(21)15-8-10-16(19)11-9-15/h8-11,13-14H,4-7,12H2,1-3H3,(H,20,22)/t13-,14-/m1/s1. The number of unbranched alkanes of at least 4 members (excludes halogenated alkanes) is 1. The van der Waals surface area contributed by atoms with Crippen molar-refractivity contribution in [2.75, 3.05) is 0 Å². The summed E-state index contributed by atoms with van der Waals surface area (Å²) in [5.74, 6) is -0.410. The van der Waals surface area contributed by atoms with E-state index in [0.717, 1.165) is 25.7 Å². The maximum Gasteiger partial charge on any atom is 0.223 e. The summed E-state index contributed by atoms with van der Waals surface area (Å²) in [5, 5.41) is 2.92. The van der Waals surface area contributed by atoms with Crippen LogP contribution in [0.25, 0.3) is 0 Å². The van der Waals surface area contributed by atoms with E-state index in [0.29, 0.717) is 5.56 Å². The topological polar surface area (TPSA) is 46.2 Å². The minimum atomic E-state index is -0.361. The Morgan fingerprint density at radius 2 is 1.82 bits per heavy atom. The Morgan fingerprint density at radius 1 is 1.18 bits per heavy atom. The van der Waals surface area contributed by atoms with Crippen molar-refractivity contribution in [1.29, 1.82) is 0 Å². The van der Waals surface area contributed by atoms with Crippen LogP contribution in [0.3, 0.4) is 0 Å². The summed E-state index contributed by atoms with van der Waals surface area (Å²) in [6.45, 7) is 5.94. The summed E-state index contributed by atoms with van der Waals surface area (Å²) in [6.07, 6.45) is 4.03. The first-order chi connectivity index (χ1) is 10.5. The Kier molecular flexibility index (Phi) is 7.78. The van der Waals surface area contributed by atoms with E-state index in [4.69, 9.17) is 0 Å². The molecule has 4 heteroatoms. The minimum absolute atomic E-state index is 0.0170. The van der Waals surface area contributed by atoms with Gasteiger partial charge in [-0.05, 0) is 44.0 Å². The first kappa shape index (κ1) is 18.3. The van der Waals surface area contributed by atoms with Gasteiger partial charge in [0.25, 0.3) is 0 Å². The van der Waals surface area contributed by atoms with Crippen molar-refractivity contribution in [3.63, 3.8) is 0 Å². The average Bonchev–Trinajstić information content (AvgIpc) is 2.48. The van der Waals surface area contributed by atoms with E-state index in [1.165, 1.54) is 24.3 Å². The number of carbonyl (C=O) groups is 2. The van der Waals surface area contributed by atoms with Crippen molar-refractivity contribution >= 4 is 11.7 Å². The van der Waals surface area contributed by atoms with E-state index in [1.807, 2.05) is 13.8 Å². The molecule has 1 aromatic carbocycles. The Morgan fingerprint density at radius 3 is 2.36 bits per heavy atom. The molecule has 0 spiro atoms. The number of hydrogen-bond acceptors (Lipinski definition) is 2. The molecular formula is C18H26FNO2. The van der Waals surface area contributed by atoms with E-state index in [-0.39, 0.29) is 35.9 Å². The lowest BCUT2D eigenvalue weighted by Gasteiger charge is -2.19. The van der Waals surface area contributed by atoms with Gasteiger partial charge in [0.2, 0.25) is 5.91 Å². The largest absolute Gasteiger partial charge is 0.353 e. The molecule has 0 saturated carbocycles. The van der Waals surface area contributed by atoms with Gasteiger partial charge in [0.05, 0.1) is 0 Å². The van der Waals surface area contributed by atoms with Gasteiger partial charge in [-0.1, -0.05) is 26.7 Å². The molecule has 2 atom stereocenters. The summed E-state index contributed by atoms with van der Waals surface area (Å²) >= 11 is 0. The van der Waals surface area contributed by atoms with Gasteiger partial charge in [-0.25, -0.2) is 4.39 Å². The van der Waals surface area contributed by atoms with Gasteiger partial charge in [0, 0.05) is 23.9 Å². The van der Waals surface area contributed by atoms with Crippen LogP contribution in [-0.2, 0) is 4.79 Å². The van der Waals surface area contributed by atoms with Gasteiger partial charge in [0.1, 0.15) is 5.82 Å². The molecule has 0 saturated heterocycles. The molecule has 0 radical (unpaired) electrons. The highest BCUT2D eigenvalue weighted by Crippen LogP contribution is 2.14. The third-order valence-electron chi connectivity index (χ3n) is 3.82. The van der Waals surface area contributed by atoms with Crippen LogP contribution in [0.5, 0.6) is 0 Å². The summed E-state index contributed by atoms with van der Waals surface area (Å²) in [6, 6.07) is 5.27. The van der Waals surface area contributed by atoms with E-state index in [1.54, 1.807) is 0 Å². The predicted molar refractivity (Wildman–Crippen MR) is 86.3 cm³/mol. The van der Waals surface area contributed by atoms with Crippen molar-refractivity contribution in [2.45, 2.75) is 58.9 Å². The number of nitrogens with one attached hydrogen (secondary N) is 1. The Labute approximate surface area is 132 Å². The van der Waals surface area contributed by atoms with Crippen molar-refractivity contribution < 1.29 is 14.0 Å². The van der Waals surface area contributed by atoms with E-state index >= 15 is 0 Å². The molecule has 0 aliphatic heterocycles. The maximum atomic E-state index is 12.8. The molecule has 3 nitrogen and oxygen atoms in total. The zero-order valence-corrected chi connectivity index (χ0v) is 13.7. The molecule has 1 aromatic rings. The minimum Gasteiger partial charge on any atom is -0.353 e. The third kappa shape index (κ3) is 5.96. The number of ketones is 1. The van der Waals surface area contributed by atoms with Crippen LogP contribution in [0, 0.1) is 11.7 Å². The van der Waals surface area contributed by atoms with E-state index < -0.39 is 0 Å². The molecule has 0 heterocycles. The van der Waals surface area contributed by atoms with E-state index in [9.17, 15) is 14.0 Å². The van der Waals surface area contributed by atoms with Crippen LogP contribution in [-0.4, -0.2) is 17.7 Å². The lowest BCUT2D eigenvalue weighted by Crippen LogP contribution is -2.38. The fourth-order valence-corrected chi connectivity index (χ4v) is 2.41. The van der Waals surface area contributed by atoms with Crippen LogP contribution in [0.15, 0.2) is 24.3 Å². The number of hydrogen-bond donors (Lipinski definition) is 1. The molecule has 1 rings (SSSR count). The van der Waals surface area contributed by atoms with Gasteiger partial charge in [-0.2, -0.15) is 0 Å². The highest BCUT2D eigenvalue weighted by atomic mass is 19.1. The van der Waals surface area contributed by atoms with Crippen molar-refractivity contribution in [1.82, 2.24) is 5.32 Å². The zero-order chi connectivity index (χ0) is 16.5. The molecule has 0 bridgehead atoms. The third-order valence-corrected chi connectivity index (χ3v) is 3.82. The number of rotatable bonds is 9. The normalized spacial score (nSPS) is 13.5. The van der Waals surface area contributed by atoms with Gasteiger partial charge in [0.15, 0.2) is 5.78 Å². The van der Waals surface area contributed by atoms with Gasteiger partial charge < -0.3 is 5.32 Å². The number of carbonyl (C=O) groups excluding carboxylic acids is 2. The zero-order valence-electron chi connectivity index (χ0n) is 13.7. The summed E-state index contributed by atoms with van der Waals surface area (Å²) in [7, 11) is 0. The Hall–Kier alpha value is -1.71. The maximum absolute atomic E-state index is 12.8. The SMILES string of the molecule is CCCC[C@@H](CC)C(=O)N[C@H](C)CC(=O)c1ccc(F)cc1. The van der Waals surface area contributed by atoms with Crippen molar-refractivity contribution in [3.05, 3.63) is 35.6 Å². The monoisotopic (exact) mass is 307 g/mol. The number of benzene rings is 1. The molecule has 0 aliphatic carbocycles. The second kappa shape index (κ2) is 9.34. The molecule has 0 aromatic heterocycles. The van der Waals surface area contributed by atoms with Crippen molar-refractivity contribution in [3.8, 4) is 0 Å². The van der Waals surface area contributed by atoms with E-state index in [2.05, 4.69) is 12.2 Å². The molecular weight excluding hydrogens is 281 g/mol. The first-order valence-corrected chi connectivity index (χ1v) is 8.07. The second-order valence-corrected chi connectivity index (χ2v) is 5.79. The predicted octanol–water partition coefficient (Wildman–Crippen LogP) is 4.12. The number of Topliss-reactive ketones (excluding diaryl/α,β-unsaturated/α-hetero) is 1. The highest BCUT2D eigenvalue weighted by Gasteiger charge is 2.19. The van der Waals surface area contributed by atoms with Crippen LogP contribution in [0.4, 0.5) is 4.39 Å². The lowest BCUT2D eigenvalue weighted by atomic mass is 9.97. The molecule has 1 amide bonds. The number of amides is 1. The lowest BCUT2D eigenvalue weighted by molar-refractivity contribution is -0.125. The summed E-state index contributed by atoms with van der Waals surface area (Å²) < 4.78 is 12.8. The average molecular weight is 307 g/mol. The van der Waals surface area contributed by atoms with Crippen LogP contribution < -0.4 is 5.32 Å². The molecule has 122 valence electrons. The summed E-state index contributed by atoms with van der Waals surface area (Å²) in [5.41, 5.74) is 0.473. The van der Waals surface area contributed by atoms with Gasteiger partial charge in [-0.3, -0.25) is 9.59 Å². The van der Waals surface area contributed by atoms with Gasteiger partial charge >= 0.3 is 0 Å². The number of halogens is 1. The molecule has 0 aliphatic rings. The van der Waals surface area contributed by atoms with Crippen molar-refractivity contribution in [2.24, 2.45) is 5.92 Å². The Bertz CT molecular complexity index is 484. The fourth-order valence-electron chi connectivity index (χ4n) is 2.41. The molecule has 0 unspecified atom stereocenters. The quantitative estimate of drug-likeness (QED) is 0.698. The molecule has 1 N–H and O–H groups in total. The smallest absolute Gasteiger partial charge is 0.223 e. The molecule has 22 heavy (non-hydrogen) atoms. The van der Waals surface area contributed by atoms with Gasteiger partial charge in [-0.15, -0.1) is 0 Å². The molecule has 0 fully saturated rings.